The molecule has 2 aliphatic rings. The molecule has 0 spiro atoms. The van der Waals surface area contributed by atoms with Crippen LogP contribution in [0.25, 0.3) is 28.1 Å². The maximum atomic E-state index is 13.3. The van der Waals surface area contributed by atoms with E-state index in [1.165, 1.54) is 11.1 Å². The fraction of sp³-hybridized carbons (Fsp3) is 0.273. The number of imidazole rings is 1. The van der Waals surface area contributed by atoms with E-state index in [9.17, 15) is 19.5 Å². The third kappa shape index (κ3) is 5.49. The molecule has 5 heterocycles. The first-order valence-electron chi connectivity index (χ1n) is 15.0. The van der Waals surface area contributed by atoms with Crippen LogP contribution in [0.5, 0.6) is 5.75 Å². The average Bonchev–Trinajstić information content (AvgIpc) is 3.78. The number of rotatable bonds is 9. The van der Waals surface area contributed by atoms with E-state index >= 15 is 0 Å². The summed E-state index contributed by atoms with van der Waals surface area (Å²) in [7, 11) is 2.03. The molecule has 1 fully saturated rings. The first-order chi connectivity index (χ1) is 21.9. The van der Waals surface area contributed by atoms with E-state index in [-0.39, 0.29) is 48.0 Å². The highest BCUT2D eigenvalue weighted by Crippen LogP contribution is 2.32. The zero-order chi connectivity index (χ0) is 31.1. The smallest absolute Gasteiger partial charge is 0.261 e. The van der Waals surface area contributed by atoms with Crippen molar-refractivity contribution in [3.8, 4) is 22.8 Å². The number of nitrogens with zero attached hydrogens (tertiary/aromatic N) is 4. The Morgan fingerprint density at radius 2 is 1.73 bits per heavy atom. The molecule has 0 aliphatic carbocycles. The molecular weight excluding hydrogens is 574 g/mol. The highest BCUT2D eigenvalue weighted by atomic mass is 16.5. The van der Waals surface area contributed by atoms with Gasteiger partial charge in [-0.2, -0.15) is 0 Å². The third-order valence-electron chi connectivity index (χ3n) is 8.48. The highest BCUT2D eigenvalue weighted by Gasteiger charge is 2.41. The van der Waals surface area contributed by atoms with Crippen LogP contribution in [0, 0.1) is 0 Å². The lowest BCUT2D eigenvalue weighted by Crippen LogP contribution is -2.46. The number of piperidine rings is 1. The van der Waals surface area contributed by atoms with E-state index < -0.39 is 6.10 Å². The number of aromatic nitrogens is 4. The van der Waals surface area contributed by atoms with Crippen LogP contribution >= 0.6 is 0 Å². The molecule has 0 bridgehead atoms. The van der Waals surface area contributed by atoms with Crippen molar-refractivity contribution >= 4 is 28.5 Å². The first kappa shape index (κ1) is 28.6. The summed E-state index contributed by atoms with van der Waals surface area (Å²) in [6.07, 6.45) is 6.05. The second-order valence-corrected chi connectivity index (χ2v) is 11.5. The van der Waals surface area contributed by atoms with Gasteiger partial charge in [-0.25, -0.2) is 4.98 Å². The van der Waals surface area contributed by atoms with Crippen molar-refractivity contribution in [2.45, 2.75) is 25.0 Å². The maximum absolute atomic E-state index is 13.3. The standard InChI is InChI=1S/C33H33N7O5/c1-38-14-9-21(10-15-38)40-32(43)24-16-27-28(17-25(24)33(40)44)37-30(36-27)29-26(8-11-34-31(29)42)35-18-22(41)19-45-23-6-4-20(5-7-23)39-12-2-3-13-39/h2-8,11-13,16-17,21-22,41H,9-10,14-15,18-19H2,1H3,(H,36,37)(H2,34,35,42). The number of benzene rings is 2. The molecule has 1 unspecified atom stereocenters. The quantitative estimate of drug-likeness (QED) is 0.187. The predicted octanol–water partition coefficient (Wildman–Crippen LogP) is 3.25. The summed E-state index contributed by atoms with van der Waals surface area (Å²) in [5.41, 5.74) is 2.99. The largest absolute Gasteiger partial charge is 0.491 e. The van der Waals surface area contributed by atoms with Crippen molar-refractivity contribution in [3.63, 3.8) is 0 Å². The molecule has 12 heteroatoms. The summed E-state index contributed by atoms with van der Waals surface area (Å²) < 4.78 is 7.75. The highest BCUT2D eigenvalue weighted by molar-refractivity contribution is 6.23. The number of anilines is 1. The fourth-order valence-electron chi connectivity index (χ4n) is 6.03. The van der Waals surface area contributed by atoms with Crippen molar-refractivity contribution < 1.29 is 19.4 Å². The maximum Gasteiger partial charge on any atom is 0.261 e. The molecule has 7 rings (SSSR count). The van der Waals surface area contributed by atoms with Crippen molar-refractivity contribution in [1.82, 2.24) is 29.3 Å². The Morgan fingerprint density at radius 3 is 2.47 bits per heavy atom. The van der Waals surface area contributed by atoms with Crippen molar-refractivity contribution in [2.75, 3.05) is 38.6 Å². The lowest BCUT2D eigenvalue weighted by Gasteiger charge is -2.33. The van der Waals surface area contributed by atoms with Gasteiger partial charge < -0.3 is 34.6 Å². The van der Waals surface area contributed by atoms with Gasteiger partial charge in [-0.05, 0) is 87.6 Å². The summed E-state index contributed by atoms with van der Waals surface area (Å²) in [5.74, 6) is 0.306. The zero-order valence-corrected chi connectivity index (χ0v) is 24.7. The summed E-state index contributed by atoms with van der Waals surface area (Å²) in [6.45, 7) is 1.82. The van der Waals surface area contributed by atoms with Crippen LogP contribution in [0.1, 0.15) is 33.6 Å². The molecule has 45 heavy (non-hydrogen) atoms. The Morgan fingerprint density at radius 1 is 1.02 bits per heavy atom. The number of aliphatic hydroxyl groups excluding tert-OH is 1. The van der Waals surface area contributed by atoms with E-state index in [1.54, 1.807) is 18.2 Å². The number of imide groups is 1. The second kappa shape index (κ2) is 11.7. The molecule has 4 N–H and O–H groups in total. The Hall–Kier alpha value is -5.20. The van der Waals surface area contributed by atoms with Gasteiger partial charge in [-0.1, -0.05) is 0 Å². The predicted molar refractivity (Wildman–Crippen MR) is 169 cm³/mol. The van der Waals surface area contributed by atoms with E-state index in [4.69, 9.17) is 4.74 Å². The number of nitrogens with one attached hydrogen (secondary N) is 3. The van der Waals surface area contributed by atoms with Crippen molar-refractivity contribution in [2.24, 2.45) is 0 Å². The van der Waals surface area contributed by atoms with Crippen LogP contribution in [0.3, 0.4) is 0 Å². The molecule has 2 aliphatic heterocycles. The van der Waals surface area contributed by atoms with Crippen LogP contribution < -0.4 is 15.6 Å². The Balaban J connectivity index is 1.05. The van der Waals surface area contributed by atoms with E-state index in [2.05, 4.69) is 25.2 Å². The van der Waals surface area contributed by atoms with Gasteiger partial charge in [0.25, 0.3) is 17.4 Å². The Bertz CT molecular complexity index is 1870. The van der Waals surface area contributed by atoms with E-state index in [1.807, 2.05) is 60.4 Å². The molecule has 2 amide bonds. The number of ether oxygens (including phenoxy) is 1. The monoisotopic (exact) mass is 607 g/mol. The molecule has 1 atom stereocenters. The topological polar surface area (TPSA) is 149 Å². The minimum absolute atomic E-state index is 0.0429. The van der Waals surface area contributed by atoms with Gasteiger partial charge in [-0.15, -0.1) is 0 Å². The fourth-order valence-corrected chi connectivity index (χ4v) is 6.03. The molecule has 3 aromatic heterocycles. The van der Waals surface area contributed by atoms with Gasteiger partial charge in [0.2, 0.25) is 0 Å². The molecule has 1 saturated heterocycles. The average molecular weight is 608 g/mol. The summed E-state index contributed by atoms with van der Waals surface area (Å²) in [6, 6.07) is 16.3. The minimum Gasteiger partial charge on any atom is -0.491 e. The van der Waals surface area contributed by atoms with Gasteiger partial charge >= 0.3 is 0 Å². The lowest BCUT2D eigenvalue weighted by molar-refractivity contribution is 0.0516. The van der Waals surface area contributed by atoms with Crippen molar-refractivity contribution in [1.29, 1.82) is 0 Å². The number of hydrogen-bond donors (Lipinski definition) is 4. The van der Waals surface area contributed by atoms with Crippen molar-refractivity contribution in [3.05, 3.63) is 94.7 Å². The number of fused-ring (bicyclic) bond motifs is 2. The number of pyridine rings is 1. The van der Waals surface area contributed by atoms with Gasteiger partial charge in [0.1, 0.15) is 29.8 Å². The molecule has 2 aromatic carbocycles. The lowest BCUT2D eigenvalue weighted by atomic mass is 10.0. The van der Waals surface area contributed by atoms with Gasteiger partial charge in [0.15, 0.2) is 0 Å². The molecule has 5 aromatic rings. The Labute approximate surface area is 258 Å². The van der Waals surface area contributed by atoms with Crippen LogP contribution in [0.15, 0.2) is 78.0 Å². The first-order valence-corrected chi connectivity index (χ1v) is 15.0. The summed E-state index contributed by atoms with van der Waals surface area (Å²) in [5, 5.41) is 13.8. The SMILES string of the molecule is CN1CCC(N2C(=O)c3cc4nc(-c5c(NCC(O)COc6ccc(-n7cccc7)cc6)cc[nH]c5=O)[nH]c4cc3C2=O)CC1. The number of carbonyl (C=O) groups is 2. The Kier molecular flexibility index (Phi) is 7.43. The number of aliphatic hydroxyl groups is 1. The molecule has 0 saturated carbocycles. The van der Waals surface area contributed by atoms with Crippen LogP contribution in [0.4, 0.5) is 5.69 Å². The third-order valence-corrected chi connectivity index (χ3v) is 8.48. The molecule has 230 valence electrons. The number of carbonyl (C=O) groups excluding carboxylic acids is 2. The van der Waals surface area contributed by atoms with Crippen LogP contribution in [0.2, 0.25) is 0 Å². The number of hydrogen-bond acceptors (Lipinski definition) is 8. The number of aromatic amines is 2. The second-order valence-electron chi connectivity index (χ2n) is 11.5. The van der Waals surface area contributed by atoms with Crippen LogP contribution in [-0.4, -0.2) is 91.7 Å². The molecule has 0 radical (unpaired) electrons. The van der Waals surface area contributed by atoms with E-state index in [0.717, 1.165) is 31.6 Å². The zero-order valence-electron chi connectivity index (χ0n) is 24.7. The van der Waals surface area contributed by atoms with Crippen LogP contribution in [-0.2, 0) is 0 Å². The summed E-state index contributed by atoms with van der Waals surface area (Å²) >= 11 is 0. The number of amides is 2. The number of H-pyrrole nitrogens is 2. The van der Waals surface area contributed by atoms with E-state index in [0.29, 0.717) is 33.6 Å². The van der Waals surface area contributed by atoms with Gasteiger partial charge in [0.05, 0.1) is 27.8 Å². The normalized spacial score (nSPS) is 16.4. The minimum atomic E-state index is -0.871. The molecular formula is C33H33N7O5. The number of likely N-dealkylation sites (tertiary alicyclic amines) is 1. The van der Waals surface area contributed by atoms with Gasteiger partial charge in [-0.3, -0.25) is 19.3 Å². The summed E-state index contributed by atoms with van der Waals surface area (Å²) in [4.78, 5) is 53.7. The molecule has 12 nitrogen and oxygen atoms in total. The van der Waals surface area contributed by atoms with Gasteiger partial charge in [0, 0.05) is 36.9 Å².